The van der Waals surface area contributed by atoms with Crippen LogP contribution in [0.5, 0.6) is 5.75 Å². The van der Waals surface area contributed by atoms with Crippen molar-refractivity contribution in [1.82, 2.24) is 5.32 Å². The van der Waals surface area contributed by atoms with Gasteiger partial charge in [0.1, 0.15) is 23.3 Å². The van der Waals surface area contributed by atoms with Crippen LogP contribution in [0.4, 0.5) is 10.5 Å². The van der Waals surface area contributed by atoms with Crippen molar-refractivity contribution in [3.8, 4) is 5.75 Å². The number of aryl methyl sites for hydroxylation is 2. The molecule has 0 saturated heterocycles. The van der Waals surface area contributed by atoms with Gasteiger partial charge in [-0.05, 0) is 94.7 Å². The summed E-state index contributed by atoms with van der Waals surface area (Å²) in [4.78, 5) is 37.8. The van der Waals surface area contributed by atoms with Crippen LogP contribution in [0.25, 0.3) is 0 Å². The number of hydrogen-bond acceptors (Lipinski definition) is 5. The topological polar surface area (TPSA) is 93.7 Å². The lowest BCUT2D eigenvalue weighted by atomic mass is 9.62. The Labute approximate surface area is 255 Å². The standard InChI is InChI=1S/C29H36N2O5.C7H8/c1-18-11-16-23-25(19(18)2)31-26(33)29(23,20-9-7-6-8-10-20)21-12-14-22(15-13-21)35-24(32)17-30-27(34)36-28(3,4)5;1-7-5-3-2-4-6-7/h11-16,20H,6-10,17H2,1-5H3,(H,30,34)(H,31,33);2-6H,1H3. The molecule has 1 fully saturated rings. The van der Waals surface area contributed by atoms with E-state index in [1.165, 1.54) is 12.0 Å². The van der Waals surface area contributed by atoms with E-state index in [0.717, 1.165) is 53.6 Å². The van der Waals surface area contributed by atoms with Gasteiger partial charge in [0.2, 0.25) is 5.91 Å². The first kappa shape index (κ1) is 31.8. The zero-order valence-corrected chi connectivity index (χ0v) is 26.2. The van der Waals surface area contributed by atoms with Gasteiger partial charge in [-0.25, -0.2) is 9.59 Å². The fraction of sp³-hybridized carbons (Fsp3) is 0.417. The van der Waals surface area contributed by atoms with E-state index in [1.54, 1.807) is 32.9 Å². The Morgan fingerprint density at radius 1 is 0.907 bits per heavy atom. The lowest BCUT2D eigenvalue weighted by molar-refractivity contribution is -0.133. The summed E-state index contributed by atoms with van der Waals surface area (Å²) in [6.45, 7) is 11.1. The second-order valence-corrected chi connectivity index (χ2v) is 12.5. The Morgan fingerprint density at radius 3 is 2.14 bits per heavy atom. The molecule has 7 heteroatoms. The molecule has 1 aliphatic heterocycles. The molecule has 5 rings (SSSR count). The number of ether oxygens (including phenoxy) is 2. The first-order valence-electron chi connectivity index (χ1n) is 15.1. The van der Waals surface area contributed by atoms with E-state index in [9.17, 15) is 14.4 Å². The third kappa shape index (κ3) is 7.45. The molecular formula is C36H44N2O5. The molecule has 1 atom stereocenters. The van der Waals surface area contributed by atoms with Gasteiger partial charge in [-0.3, -0.25) is 4.79 Å². The maximum Gasteiger partial charge on any atom is 0.408 e. The van der Waals surface area contributed by atoms with Gasteiger partial charge in [0.15, 0.2) is 0 Å². The molecule has 0 aromatic heterocycles. The minimum atomic E-state index is -0.769. The summed E-state index contributed by atoms with van der Waals surface area (Å²) < 4.78 is 10.6. The molecule has 3 aromatic rings. The third-order valence-electron chi connectivity index (χ3n) is 8.23. The third-order valence-corrected chi connectivity index (χ3v) is 8.23. The molecule has 7 nitrogen and oxygen atoms in total. The van der Waals surface area contributed by atoms with Crippen molar-refractivity contribution in [2.45, 2.75) is 84.7 Å². The Balaban J connectivity index is 0.000000530. The number of carbonyl (C=O) groups is 3. The highest BCUT2D eigenvalue weighted by Crippen LogP contribution is 2.53. The molecule has 2 aliphatic rings. The fourth-order valence-corrected chi connectivity index (χ4v) is 6.05. The van der Waals surface area contributed by atoms with Gasteiger partial charge in [0.05, 0.1) is 0 Å². The van der Waals surface area contributed by atoms with Crippen LogP contribution in [0.15, 0.2) is 66.7 Å². The van der Waals surface area contributed by atoms with Gasteiger partial charge in [0, 0.05) is 5.69 Å². The first-order chi connectivity index (χ1) is 20.4. The molecule has 3 aromatic carbocycles. The van der Waals surface area contributed by atoms with Crippen molar-refractivity contribution in [3.05, 3.63) is 94.5 Å². The summed E-state index contributed by atoms with van der Waals surface area (Å²) in [6.07, 6.45) is 4.72. The molecule has 1 unspecified atom stereocenters. The molecule has 1 saturated carbocycles. The Kier molecular flexibility index (Phi) is 9.95. The minimum Gasteiger partial charge on any atom is -0.444 e. The minimum absolute atomic E-state index is 0.0180. The van der Waals surface area contributed by atoms with Gasteiger partial charge < -0.3 is 20.1 Å². The number of fused-ring (bicyclic) bond motifs is 1. The number of anilines is 1. The van der Waals surface area contributed by atoms with Crippen LogP contribution in [-0.2, 0) is 19.7 Å². The van der Waals surface area contributed by atoms with Gasteiger partial charge in [-0.2, -0.15) is 0 Å². The summed E-state index contributed by atoms with van der Waals surface area (Å²) >= 11 is 0. The lowest BCUT2D eigenvalue weighted by Crippen LogP contribution is -2.43. The van der Waals surface area contributed by atoms with Crippen LogP contribution in [0.3, 0.4) is 0 Å². The highest BCUT2D eigenvalue weighted by atomic mass is 16.6. The molecule has 228 valence electrons. The van der Waals surface area contributed by atoms with E-state index >= 15 is 0 Å². The van der Waals surface area contributed by atoms with Gasteiger partial charge >= 0.3 is 12.1 Å². The largest absolute Gasteiger partial charge is 0.444 e. The summed E-state index contributed by atoms with van der Waals surface area (Å²) in [5, 5.41) is 5.61. The van der Waals surface area contributed by atoms with Crippen molar-refractivity contribution in [1.29, 1.82) is 0 Å². The molecule has 1 heterocycles. The van der Waals surface area contributed by atoms with Crippen LogP contribution in [-0.4, -0.2) is 30.1 Å². The quantitative estimate of drug-likeness (QED) is 0.239. The van der Waals surface area contributed by atoms with Crippen LogP contribution in [0.2, 0.25) is 0 Å². The van der Waals surface area contributed by atoms with E-state index in [1.807, 2.05) is 30.3 Å². The highest BCUT2D eigenvalue weighted by Gasteiger charge is 2.53. The van der Waals surface area contributed by atoms with Crippen molar-refractivity contribution in [2.24, 2.45) is 5.92 Å². The smallest absolute Gasteiger partial charge is 0.408 e. The predicted molar refractivity (Wildman–Crippen MR) is 169 cm³/mol. The van der Waals surface area contributed by atoms with Crippen molar-refractivity contribution in [2.75, 3.05) is 11.9 Å². The van der Waals surface area contributed by atoms with Crippen molar-refractivity contribution < 1.29 is 23.9 Å². The second-order valence-electron chi connectivity index (χ2n) is 12.5. The number of hydrogen-bond donors (Lipinski definition) is 2. The summed E-state index contributed by atoms with van der Waals surface area (Å²) in [6, 6.07) is 21.7. The maximum absolute atomic E-state index is 13.8. The van der Waals surface area contributed by atoms with Crippen LogP contribution in [0, 0.1) is 26.7 Å². The lowest BCUT2D eigenvalue weighted by Gasteiger charge is -2.39. The van der Waals surface area contributed by atoms with Crippen LogP contribution in [0.1, 0.15) is 80.7 Å². The molecule has 0 bridgehead atoms. The molecular weight excluding hydrogens is 540 g/mol. The van der Waals surface area contributed by atoms with Gasteiger partial charge in [-0.1, -0.05) is 79.4 Å². The van der Waals surface area contributed by atoms with E-state index < -0.39 is 23.1 Å². The fourth-order valence-electron chi connectivity index (χ4n) is 6.05. The summed E-state index contributed by atoms with van der Waals surface area (Å²) in [7, 11) is 0. The average molecular weight is 585 g/mol. The first-order valence-corrected chi connectivity index (χ1v) is 15.1. The summed E-state index contributed by atoms with van der Waals surface area (Å²) in [5.74, 6) is -0.0386. The van der Waals surface area contributed by atoms with E-state index in [2.05, 4.69) is 55.7 Å². The normalized spacial score (nSPS) is 18.0. The van der Waals surface area contributed by atoms with Gasteiger partial charge in [-0.15, -0.1) is 0 Å². The number of rotatable bonds is 5. The SMILES string of the molecule is Cc1ccc2c(c1C)NC(=O)C2(c1ccc(OC(=O)CNC(=O)OC(C)(C)C)cc1)C1CCCCC1.Cc1ccccc1. The van der Waals surface area contributed by atoms with Crippen molar-refractivity contribution >= 4 is 23.7 Å². The number of esters is 1. The van der Waals surface area contributed by atoms with Crippen LogP contribution >= 0.6 is 0 Å². The van der Waals surface area contributed by atoms with E-state index in [0.29, 0.717) is 5.75 Å². The molecule has 43 heavy (non-hydrogen) atoms. The number of alkyl carbamates (subject to hydrolysis) is 1. The number of carbonyl (C=O) groups excluding carboxylic acids is 3. The molecule has 0 spiro atoms. The number of nitrogens with one attached hydrogen (secondary N) is 2. The zero-order chi connectivity index (χ0) is 31.2. The number of benzene rings is 3. The average Bonchev–Trinajstić information content (AvgIpc) is 3.28. The summed E-state index contributed by atoms with van der Waals surface area (Å²) in [5.41, 5.74) is 5.01. The predicted octanol–water partition coefficient (Wildman–Crippen LogP) is 7.55. The Bertz CT molecular complexity index is 1440. The molecule has 1 aliphatic carbocycles. The Morgan fingerprint density at radius 2 is 1.56 bits per heavy atom. The number of amides is 2. The van der Waals surface area contributed by atoms with E-state index in [4.69, 9.17) is 9.47 Å². The zero-order valence-electron chi connectivity index (χ0n) is 26.2. The molecule has 2 amide bonds. The highest BCUT2D eigenvalue weighted by molar-refractivity contribution is 6.10. The molecule has 2 N–H and O–H groups in total. The Hall–Kier alpha value is -4.13. The molecule has 0 radical (unpaired) electrons. The maximum atomic E-state index is 13.8. The van der Waals surface area contributed by atoms with E-state index in [-0.39, 0.29) is 18.4 Å². The second kappa shape index (κ2) is 13.4. The van der Waals surface area contributed by atoms with Crippen LogP contribution < -0.4 is 15.4 Å². The van der Waals surface area contributed by atoms with Crippen molar-refractivity contribution in [3.63, 3.8) is 0 Å². The monoisotopic (exact) mass is 584 g/mol. The van der Waals surface area contributed by atoms with Gasteiger partial charge in [0.25, 0.3) is 0 Å².